The number of rotatable bonds is 5. The maximum atomic E-state index is 5.26. The minimum atomic E-state index is 0.829. The van der Waals surface area contributed by atoms with Crippen molar-refractivity contribution in [2.45, 2.75) is 0 Å². The number of nitrogens with zero attached hydrogens (tertiary/aromatic N) is 6. The van der Waals surface area contributed by atoms with Gasteiger partial charge in [0.2, 0.25) is 0 Å². The summed E-state index contributed by atoms with van der Waals surface area (Å²) in [6.45, 7) is 0. The van der Waals surface area contributed by atoms with E-state index >= 15 is 0 Å². The standard InChI is InChI=1S/C45H28N6/c1-3-7-40-37(5-1)36(18-22-48-40)35-25-41(33-12-11-31-23-30(9-10-32(31)24-33)29-15-19-46-20-16-29)50-42(26-35)34-13-14-45(49-27-34)51-43-8-4-2-6-38(43)39-17-21-47-28-44(39)51/h1-28H. The lowest BCUT2D eigenvalue weighted by Crippen LogP contribution is -1.98. The molecule has 4 aromatic carbocycles. The van der Waals surface area contributed by atoms with Crippen LogP contribution < -0.4 is 0 Å². The summed E-state index contributed by atoms with van der Waals surface area (Å²) in [7, 11) is 0. The van der Waals surface area contributed by atoms with Gasteiger partial charge in [0.25, 0.3) is 0 Å². The van der Waals surface area contributed by atoms with Crippen LogP contribution in [0.2, 0.25) is 0 Å². The van der Waals surface area contributed by atoms with Crippen LogP contribution in [-0.2, 0) is 0 Å². The minimum Gasteiger partial charge on any atom is -0.292 e. The quantitative estimate of drug-likeness (QED) is 0.185. The van der Waals surface area contributed by atoms with E-state index in [1.807, 2.05) is 55.4 Å². The molecule has 51 heavy (non-hydrogen) atoms. The summed E-state index contributed by atoms with van der Waals surface area (Å²) in [6.07, 6.45) is 11.2. The Balaban J connectivity index is 1.11. The Hall–Kier alpha value is -7.05. The molecule has 0 aliphatic rings. The highest BCUT2D eigenvalue weighted by Gasteiger charge is 2.15. The summed E-state index contributed by atoms with van der Waals surface area (Å²) < 4.78 is 2.18. The largest absolute Gasteiger partial charge is 0.292 e. The van der Waals surface area contributed by atoms with Gasteiger partial charge in [-0.25, -0.2) is 9.97 Å². The second-order valence-corrected chi connectivity index (χ2v) is 12.7. The second kappa shape index (κ2) is 11.8. The number of aromatic nitrogens is 6. The number of fused-ring (bicyclic) bond motifs is 5. The van der Waals surface area contributed by atoms with Crippen LogP contribution in [0.3, 0.4) is 0 Å². The highest BCUT2D eigenvalue weighted by molar-refractivity contribution is 6.08. The molecular formula is C45H28N6. The van der Waals surface area contributed by atoms with Crippen LogP contribution in [0.1, 0.15) is 0 Å². The average Bonchev–Trinajstić information content (AvgIpc) is 3.55. The molecule has 0 aliphatic carbocycles. The predicted molar refractivity (Wildman–Crippen MR) is 207 cm³/mol. The van der Waals surface area contributed by atoms with Gasteiger partial charge in [0.15, 0.2) is 0 Å². The summed E-state index contributed by atoms with van der Waals surface area (Å²) in [5.74, 6) is 0.829. The highest BCUT2D eigenvalue weighted by Crippen LogP contribution is 2.36. The Bertz CT molecular complexity index is 2850. The maximum absolute atomic E-state index is 5.26. The summed E-state index contributed by atoms with van der Waals surface area (Å²) >= 11 is 0. The molecule has 0 bridgehead atoms. The van der Waals surface area contributed by atoms with E-state index in [2.05, 4.69) is 135 Å². The van der Waals surface area contributed by atoms with Gasteiger partial charge in [0.1, 0.15) is 5.82 Å². The average molecular weight is 653 g/mol. The van der Waals surface area contributed by atoms with Gasteiger partial charge in [-0.05, 0) is 106 Å². The highest BCUT2D eigenvalue weighted by atomic mass is 15.1. The smallest absolute Gasteiger partial charge is 0.137 e. The molecule has 0 saturated heterocycles. The monoisotopic (exact) mass is 652 g/mol. The fourth-order valence-corrected chi connectivity index (χ4v) is 7.19. The van der Waals surface area contributed by atoms with Crippen molar-refractivity contribution in [3.63, 3.8) is 0 Å². The molecule has 0 amide bonds. The number of hydrogen-bond donors (Lipinski definition) is 0. The molecule has 6 heterocycles. The molecule has 0 radical (unpaired) electrons. The Kier molecular flexibility index (Phi) is 6.70. The first-order valence-corrected chi connectivity index (χ1v) is 16.9. The third-order valence-electron chi connectivity index (χ3n) is 9.68. The zero-order valence-electron chi connectivity index (χ0n) is 27.3. The Labute approximate surface area is 293 Å². The molecule has 10 aromatic rings. The lowest BCUT2D eigenvalue weighted by atomic mass is 9.96. The SMILES string of the molecule is c1ccc2c(-c3cc(-c4ccc(-n5c6ccccc6c6ccncc65)nc4)nc(-c4ccc5cc(-c6ccncc6)ccc5c4)c3)ccnc2c1. The Morgan fingerprint density at radius 3 is 1.96 bits per heavy atom. The lowest BCUT2D eigenvalue weighted by molar-refractivity contribution is 1.07. The number of benzene rings is 4. The molecule has 6 heteroatoms. The van der Waals surface area contributed by atoms with Crippen LogP contribution in [0.15, 0.2) is 171 Å². The molecule has 10 rings (SSSR count). The second-order valence-electron chi connectivity index (χ2n) is 12.7. The van der Waals surface area contributed by atoms with Crippen LogP contribution in [0.4, 0.5) is 0 Å². The van der Waals surface area contributed by atoms with Crippen molar-refractivity contribution in [3.05, 3.63) is 171 Å². The summed E-state index contributed by atoms with van der Waals surface area (Å²) in [4.78, 5) is 23.5. The van der Waals surface area contributed by atoms with Crippen molar-refractivity contribution < 1.29 is 0 Å². The molecule has 238 valence electrons. The first kappa shape index (κ1) is 28.9. The molecule has 6 nitrogen and oxygen atoms in total. The van der Waals surface area contributed by atoms with E-state index in [9.17, 15) is 0 Å². The van der Waals surface area contributed by atoms with Crippen LogP contribution in [0.25, 0.3) is 94.1 Å². The van der Waals surface area contributed by atoms with Gasteiger partial charge >= 0.3 is 0 Å². The van der Waals surface area contributed by atoms with Gasteiger partial charge in [-0.3, -0.25) is 19.5 Å². The van der Waals surface area contributed by atoms with Crippen molar-refractivity contribution >= 4 is 43.5 Å². The van der Waals surface area contributed by atoms with E-state index in [0.717, 1.165) is 83.3 Å². The molecular weight excluding hydrogens is 625 g/mol. The third-order valence-corrected chi connectivity index (χ3v) is 9.68. The minimum absolute atomic E-state index is 0.829. The summed E-state index contributed by atoms with van der Waals surface area (Å²) in [6, 6.07) is 46.6. The first-order valence-electron chi connectivity index (χ1n) is 16.9. The number of hydrogen-bond acceptors (Lipinski definition) is 5. The molecule has 0 aliphatic heterocycles. The number of pyridine rings is 5. The van der Waals surface area contributed by atoms with Gasteiger partial charge in [-0.15, -0.1) is 0 Å². The predicted octanol–water partition coefficient (Wildman–Crippen LogP) is 10.7. The van der Waals surface area contributed by atoms with Gasteiger partial charge in [-0.1, -0.05) is 60.7 Å². The fraction of sp³-hybridized carbons (Fsp3) is 0. The third kappa shape index (κ3) is 5.01. The van der Waals surface area contributed by atoms with E-state index in [1.54, 1.807) is 0 Å². The van der Waals surface area contributed by atoms with Crippen molar-refractivity contribution in [1.29, 1.82) is 0 Å². The van der Waals surface area contributed by atoms with Gasteiger partial charge in [-0.2, -0.15) is 0 Å². The molecule has 6 aromatic heterocycles. The molecule has 0 saturated carbocycles. The van der Waals surface area contributed by atoms with Gasteiger partial charge in [0, 0.05) is 58.3 Å². The van der Waals surface area contributed by atoms with Crippen LogP contribution in [-0.4, -0.2) is 29.5 Å². The lowest BCUT2D eigenvalue weighted by Gasteiger charge is -2.13. The maximum Gasteiger partial charge on any atom is 0.137 e. The molecule has 0 spiro atoms. The van der Waals surface area contributed by atoms with Crippen molar-refractivity contribution in [1.82, 2.24) is 29.5 Å². The normalized spacial score (nSPS) is 11.5. The van der Waals surface area contributed by atoms with Crippen LogP contribution in [0.5, 0.6) is 0 Å². The van der Waals surface area contributed by atoms with Gasteiger partial charge < -0.3 is 0 Å². The zero-order chi connectivity index (χ0) is 33.7. The number of para-hydroxylation sites is 2. The van der Waals surface area contributed by atoms with Crippen molar-refractivity contribution in [2.75, 3.05) is 0 Å². The van der Waals surface area contributed by atoms with Gasteiger partial charge in [0.05, 0.1) is 34.1 Å². The van der Waals surface area contributed by atoms with E-state index in [1.165, 1.54) is 10.8 Å². The summed E-state index contributed by atoms with van der Waals surface area (Å²) in [5.41, 5.74) is 11.3. The van der Waals surface area contributed by atoms with E-state index < -0.39 is 0 Å². The Morgan fingerprint density at radius 2 is 1.12 bits per heavy atom. The molecule has 0 fully saturated rings. The Morgan fingerprint density at radius 1 is 0.412 bits per heavy atom. The van der Waals surface area contributed by atoms with Crippen LogP contribution in [0, 0.1) is 0 Å². The molecule has 0 N–H and O–H groups in total. The first-order chi connectivity index (χ1) is 25.3. The molecule has 0 atom stereocenters. The zero-order valence-corrected chi connectivity index (χ0v) is 27.3. The van der Waals surface area contributed by atoms with Crippen molar-refractivity contribution in [2.24, 2.45) is 0 Å². The topological polar surface area (TPSA) is 69.4 Å². The van der Waals surface area contributed by atoms with E-state index in [4.69, 9.17) is 9.97 Å². The van der Waals surface area contributed by atoms with E-state index in [-0.39, 0.29) is 0 Å². The van der Waals surface area contributed by atoms with Crippen LogP contribution >= 0.6 is 0 Å². The van der Waals surface area contributed by atoms with E-state index in [0.29, 0.717) is 0 Å². The molecule has 0 unspecified atom stereocenters. The summed E-state index contributed by atoms with van der Waals surface area (Å²) in [5, 5.41) is 5.75. The van der Waals surface area contributed by atoms with Crippen molar-refractivity contribution in [3.8, 4) is 50.6 Å². The fourth-order valence-electron chi connectivity index (χ4n) is 7.19.